The molecule has 166 valence electrons. The Hall–Kier alpha value is -3.75. The molecule has 7 nitrogen and oxygen atoms in total. The molecule has 3 aromatic rings. The second-order valence-corrected chi connectivity index (χ2v) is 7.90. The number of hydrogen-bond donors (Lipinski definition) is 3. The SMILES string of the molecule is CC1CCN(C(=O)c2ccc(NC(=O)Nc3cc(-c4cccc(F)c4F)[nH]n3)cc2)CC1. The van der Waals surface area contributed by atoms with Crippen LogP contribution in [0.4, 0.5) is 25.1 Å². The summed E-state index contributed by atoms with van der Waals surface area (Å²) < 4.78 is 27.3. The molecule has 0 aliphatic carbocycles. The second-order valence-electron chi connectivity index (χ2n) is 7.90. The molecule has 0 spiro atoms. The number of aromatic nitrogens is 2. The Bertz CT molecular complexity index is 1120. The summed E-state index contributed by atoms with van der Waals surface area (Å²) >= 11 is 0. The molecular formula is C23H23F2N5O2. The average Bonchev–Trinajstić information content (AvgIpc) is 3.24. The molecule has 32 heavy (non-hydrogen) atoms. The van der Waals surface area contributed by atoms with E-state index in [9.17, 15) is 18.4 Å². The quantitative estimate of drug-likeness (QED) is 0.542. The summed E-state index contributed by atoms with van der Waals surface area (Å²) in [6.45, 7) is 3.71. The van der Waals surface area contributed by atoms with Gasteiger partial charge in [-0.3, -0.25) is 15.2 Å². The maximum Gasteiger partial charge on any atom is 0.324 e. The number of carbonyl (C=O) groups excluding carboxylic acids is 2. The number of urea groups is 1. The van der Waals surface area contributed by atoms with Crippen LogP contribution in [0.3, 0.4) is 0 Å². The fourth-order valence-electron chi connectivity index (χ4n) is 3.60. The summed E-state index contributed by atoms with van der Waals surface area (Å²) in [6.07, 6.45) is 2.01. The van der Waals surface area contributed by atoms with Crippen LogP contribution < -0.4 is 10.6 Å². The van der Waals surface area contributed by atoms with E-state index in [1.807, 2.05) is 4.90 Å². The lowest BCUT2D eigenvalue weighted by molar-refractivity contribution is 0.0697. The maximum atomic E-state index is 13.9. The minimum Gasteiger partial charge on any atom is -0.339 e. The predicted molar refractivity (Wildman–Crippen MR) is 117 cm³/mol. The average molecular weight is 439 g/mol. The topological polar surface area (TPSA) is 90.1 Å². The molecule has 0 atom stereocenters. The summed E-state index contributed by atoms with van der Waals surface area (Å²) in [5.41, 5.74) is 1.31. The van der Waals surface area contributed by atoms with Crippen molar-refractivity contribution >= 4 is 23.4 Å². The summed E-state index contributed by atoms with van der Waals surface area (Å²) in [4.78, 5) is 26.7. The molecular weight excluding hydrogens is 416 g/mol. The van der Waals surface area contributed by atoms with Crippen LogP contribution in [0.1, 0.15) is 30.1 Å². The van der Waals surface area contributed by atoms with Crippen LogP contribution in [0.25, 0.3) is 11.3 Å². The molecule has 0 bridgehead atoms. The van der Waals surface area contributed by atoms with Crippen molar-refractivity contribution in [2.45, 2.75) is 19.8 Å². The Labute approximate surface area is 183 Å². The zero-order valence-corrected chi connectivity index (χ0v) is 17.5. The van der Waals surface area contributed by atoms with Gasteiger partial charge in [-0.25, -0.2) is 13.6 Å². The first kappa shape index (κ1) is 21.5. The molecule has 9 heteroatoms. The highest BCUT2D eigenvalue weighted by molar-refractivity contribution is 6.00. The van der Waals surface area contributed by atoms with E-state index >= 15 is 0 Å². The van der Waals surface area contributed by atoms with Crippen molar-refractivity contribution in [1.29, 1.82) is 0 Å². The molecule has 1 fully saturated rings. The smallest absolute Gasteiger partial charge is 0.324 e. The highest BCUT2D eigenvalue weighted by Crippen LogP contribution is 2.24. The summed E-state index contributed by atoms with van der Waals surface area (Å²) in [6, 6.07) is 11.3. The van der Waals surface area contributed by atoms with Crippen molar-refractivity contribution in [3.05, 3.63) is 65.7 Å². The molecule has 2 aromatic carbocycles. The number of benzene rings is 2. The van der Waals surface area contributed by atoms with E-state index < -0.39 is 17.7 Å². The second kappa shape index (κ2) is 9.17. The van der Waals surface area contributed by atoms with Crippen LogP contribution >= 0.6 is 0 Å². The number of rotatable bonds is 4. The number of amides is 3. The Balaban J connectivity index is 1.35. The lowest BCUT2D eigenvalue weighted by Gasteiger charge is -2.30. The monoisotopic (exact) mass is 439 g/mol. The predicted octanol–water partition coefficient (Wildman–Crippen LogP) is 4.87. The molecule has 3 amide bonds. The third-order valence-electron chi connectivity index (χ3n) is 5.52. The molecule has 0 unspecified atom stereocenters. The van der Waals surface area contributed by atoms with Gasteiger partial charge in [-0.1, -0.05) is 13.0 Å². The van der Waals surface area contributed by atoms with Crippen LogP contribution in [-0.2, 0) is 0 Å². The van der Waals surface area contributed by atoms with Gasteiger partial charge < -0.3 is 10.2 Å². The largest absolute Gasteiger partial charge is 0.339 e. The lowest BCUT2D eigenvalue weighted by Crippen LogP contribution is -2.37. The zero-order chi connectivity index (χ0) is 22.7. The summed E-state index contributed by atoms with van der Waals surface area (Å²) in [7, 11) is 0. The number of carbonyl (C=O) groups is 2. The van der Waals surface area contributed by atoms with Gasteiger partial charge in [0, 0.05) is 36.0 Å². The molecule has 0 saturated carbocycles. The van der Waals surface area contributed by atoms with Crippen molar-refractivity contribution in [2.75, 3.05) is 23.7 Å². The third kappa shape index (κ3) is 4.77. The Morgan fingerprint density at radius 3 is 2.50 bits per heavy atom. The van der Waals surface area contributed by atoms with E-state index in [0.717, 1.165) is 32.0 Å². The number of anilines is 2. The van der Waals surface area contributed by atoms with Crippen LogP contribution in [0.15, 0.2) is 48.5 Å². The number of H-pyrrole nitrogens is 1. The number of hydrogen-bond acceptors (Lipinski definition) is 3. The minimum absolute atomic E-state index is 0.00868. The molecule has 2 heterocycles. The number of halogens is 2. The van der Waals surface area contributed by atoms with Crippen molar-refractivity contribution in [3.8, 4) is 11.3 Å². The van der Waals surface area contributed by atoms with Gasteiger partial charge in [0.2, 0.25) is 0 Å². The van der Waals surface area contributed by atoms with Gasteiger partial charge in [0.25, 0.3) is 5.91 Å². The fraction of sp³-hybridized carbons (Fsp3) is 0.261. The molecule has 1 aliphatic heterocycles. The number of piperidine rings is 1. The normalized spacial score (nSPS) is 14.3. The fourth-order valence-corrected chi connectivity index (χ4v) is 3.60. The maximum absolute atomic E-state index is 13.9. The van der Waals surface area contributed by atoms with E-state index in [1.54, 1.807) is 24.3 Å². The molecule has 1 saturated heterocycles. The number of aromatic amines is 1. The van der Waals surface area contributed by atoms with Crippen LogP contribution in [0.2, 0.25) is 0 Å². The first-order chi connectivity index (χ1) is 15.4. The third-order valence-corrected chi connectivity index (χ3v) is 5.52. The Kier molecular flexibility index (Phi) is 6.16. The van der Waals surface area contributed by atoms with Gasteiger partial charge in [0.05, 0.1) is 5.69 Å². The van der Waals surface area contributed by atoms with Crippen LogP contribution in [-0.4, -0.2) is 40.1 Å². The van der Waals surface area contributed by atoms with E-state index in [-0.39, 0.29) is 23.0 Å². The van der Waals surface area contributed by atoms with Crippen molar-refractivity contribution < 1.29 is 18.4 Å². The molecule has 1 aromatic heterocycles. The van der Waals surface area contributed by atoms with Gasteiger partial charge in [0.1, 0.15) is 0 Å². The Morgan fingerprint density at radius 2 is 1.78 bits per heavy atom. The van der Waals surface area contributed by atoms with Crippen LogP contribution in [0, 0.1) is 17.6 Å². The number of nitrogens with zero attached hydrogens (tertiary/aromatic N) is 2. The number of likely N-dealkylation sites (tertiary alicyclic amines) is 1. The van der Waals surface area contributed by atoms with E-state index in [0.29, 0.717) is 17.2 Å². The van der Waals surface area contributed by atoms with Gasteiger partial charge in [0.15, 0.2) is 17.5 Å². The highest BCUT2D eigenvalue weighted by Gasteiger charge is 2.21. The molecule has 0 radical (unpaired) electrons. The minimum atomic E-state index is -0.999. The van der Waals surface area contributed by atoms with E-state index in [2.05, 4.69) is 27.8 Å². The molecule has 3 N–H and O–H groups in total. The van der Waals surface area contributed by atoms with Gasteiger partial charge >= 0.3 is 6.03 Å². The van der Waals surface area contributed by atoms with Gasteiger partial charge in [-0.2, -0.15) is 5.10 Å². The lowest BCUT2D eigenvalue weighted by atomic mass is 9.98. The van der Waals surface area contributed by atoms with Crippen molar-refractivity contribution in [1.82, 2.24) is 15.1 Å². The summed E-state index contributed by atoms with van der Waals surface area (Å²) in [5.74, 6) is -1.20. The summed E-state index contributed by atoms with van der Waals surface area (Å²) in [5, 5.41) is 11.6. The van der Waals surface area contributed by atoms with Crippen molar-refractivity contribution in [3.63, 3.8) is 0 Å². The first-order valence-electron chi connectivity index (χ1n) is 10.4. The number of nitrogens with one attached hydrogen (secondary N) is 3. The van der Waals surface area contributed by atoms with Crippen molar-refractivity contribution in [2.24, 2.45) is 5.92 Å². The first-order valence-corrected chi connectivity index (χ1v) is 10.4. The van der Waals surface area contributed by atoms with Gasteiger partial charge in [-0.05, 0) is 55.2 Å². The van der Waals surface area contributed by atoms with E-state index in [4.69, 9.17) is 0 Å². The standard InChI is InChI=1S/C23H23F2N5O2/c1-14-9-11-30(12-10-14)22(31)15-5-7-16(8-6-15)26-23(32)27-20-13-19(28-29-20)17-3-2-4-18(24)21(17)25/h2-8,13-14H,9-12H2,1H3,(H3,26,27,28,29,32). The highest BCUT2D eigenvalue weighted by atomic mass is 19.2. The Morgan fingerprint density at radius 1 is 1.06 bits per heavy atom. The van der Waals surface area contributed by atoms with Gasteiger partial charge in [-0.15, -0.1) is 0 Å². The van der Waals surface area contributed by atoms with E-state index in [1.165, 1.54) is 18.2 Å². The zero-order valence-electron chi connectivity index (χ0n) is 17.5. The molecule has 4 rings (SSSR count). The van der Waals surface area contributed by atoms with Crippen LogP contribution in [0.5, 0.6) is 0 Å². The molecule has 1 aliphatic rings.